The first-order valence-corrected chi connectivity index (χ1v) is 4.72. The molecular formula is C10H12F3NO3. The monoisotopic (exact) mass is 251 g/mol. The Morgan fingerprint density at radius 2 is 1.82 bits per heavy atom. The van der Waals surface area contributed by atoms with Gasteiger partial charge in [-0.3, -0.25) is 4.79 Å². The average Bonchev–Trinajstić information content (AvgIpc) is 2.64. The SMILES string of the molecule is CC(C)(c1ccc(C(F)(F)F)o1)C(N)C(=O)O. The molecule has 1 aromatic rings. The number of aliphatic carboxylic acids is 1. The third-order valence-corrected chi connectivity index (χ3v) is 2.56. The van der Waals surface area contributed by atoms with Crippen LogP contribution in [0.3, 0.4) is 0 Å². The number of carboxylic acid groups (broad SMARTS) is 1. The van der Waals surface area contributed by atoms with Crippen LogP contribution in [0.1, 0.15) is 25.4 Å². The van der Waals surface area contributed by atoms with Crippen LogP contribution in [0.15, 0.2) is 16.5 Å². The first kappa shape index (κ1) is 13.6. The molecule has 0 aliphatic carbocycles. The highest BCUT2D eigenvalue weighted by molar-refractivity contribution is 5.75. The van der Waals surface area contributed by atoms with Crippen LogP contribution in [0, 0.1) is 0 Å². The van der Waals surface area contributed by atoms with Crippen LogP contribution in [0.2, 0.25) is 0 Å². The summed E-state index contributed by atoms with van der Waals surface area (Å²) < 4.78 is 41.5. The molecule has 0 radical (unpaired) electrons. The molecule has 1 unspecified atom stereocenters. The van der Waals surface area contributed by atoms with Crippen LogP contribution in [0.25, 0.3) is 0 Å². The van der Waals surface area contributed by atoms with E-state index >= 15 is 0 Å². The van der Waals surface area contributed by atoms with E-state index in [1.807, 2.05) is 0 Å². The zero-order valence-corrected chi connectivity index (χ0v) is 9.21. The van der Waals surface area contributed by atoms with Gasteiger partial charge in [-0.25, -0.2) is 0 Å². The van der Waals surface area contributed by atoms with Gasteiger partial charge in [-0.15, -0.1) is 0 Å². The Balaban J connectivity index is 3.09. The summed E-state index contributed by atoms with van der Waals surface area (Å²) in [6.07, 6.45) is -4.60. The maximum absolute atomic E-state index is 12.3. The largest absolute Gasteiger partial charge is 0.480 e. The van der Waals surface area contributed by atoms with Crippen molar-refractivity contribution in [2.45, 2.75) is 31.5 Å². The van der Waals surface area contributed by atoms with Crippen LogP contribution in [-0.4, -0.2) is 17.1 Å². The van der Waals surface area contributed by atoms with E-state index in [1.165, 1.54) is 13.8 Å². The summed E-state index contributed by atoms with van der Waals surface area (Å²) in [5, 5.41) is 8.76. The van der Waals surface area contributed by atoms with Gasteiger partial charge >= 0.3 is 12.1 Å². The predicted octanol–water partition coefficient (Wildman–Crippen LogP) is 1.99. The lowest BCUT2D eigenvalue weighted by Gasteiger charge is -2.26. The lowest BCUT2D eigenvalue weighted by Crippen LogP contribution is -2.46. The molecule has 0 amide bonds. The molecule has 7 heteroatoms. The Kier molecular flexibility index (Phi) is 3.24. The molecule has 0 saturated carbocycles. The minimum absolute atomic E-state index is 0.111. The van der Waals surface area contributed by atoms with Crippen molar-refractivity contribution in [2.75, 3.05) is 0 Å². The zero-order valence-electron chi connectivity index (χ0n) is 9.21. The van der Waals surface area contributed by atoms with E-state index in [1.54, 1.807) is 0 Å². The predicted molar refractivity (Wildman–Crippen MR) is 52.3 cm³/mol. The second-order valence-electron chi connectivity index (χ2n) is 4.20. The first-order chi connectivity index (χ1) is 7.56. The molecule has 0 aliphatic heterocycles. The quantitative estimate of drug-likeness (QED) is 0.861. The number of nitrogens with two attached hydrogens (primary N) is 1. The number of alkyl halides is 3. The van der Waals surface area contributed by atoms with E-state index in [0.29, 0.717) is 0 Å². The molecule has 0 aliphatic rings. The molecule has 3 N–H and O–H groups in total. The van der Waals surface area contributed by atoms with Crippen molar-refractivity contribution in [3.05, 3.63) is 23.7 Å². The van der Waals surface area contributed by atoms with Crippen LogP contribution in [0.4, 0.5) is 13.2 Å². The number of carboxylic acids is 1. The lowest BCUT2D eigenvalue weighted by atomic mass is 9.82. The molecule has 1 heterocycles. The Morgan fingerprint density at radius 3 is 2.18 bits per heavy atom. The molecule has 0 aromatic carbocycles. The molecule has 1 rings (SSSR count). The standard InChI is InChI=1S/C10H12F3NO3/c1-9(2,7(14)8(15)16)5-3-4-6(17-5)10(11,12)13/h3-4,7H,14H2,1-2H3,(H,15,16). The Bertz CT molecular complexity index is 423. The molecule has 0 saturated heterocycles. The van der Waals surface area contributed by atoms with Crippen molar-refractivity contribution in [3.63, 3.8) is 0 Å². The lowest BCUT2D eigenvalue weighted by molar-refractivity contribution is -0.153. The van der Waals surface area contributed by atoms with Crippen molar-refractivity contribution < 1.29 is 27.5 Å². The summed E-state index contributed by atoms with van der Waals surface area (Å²) >= 11 is 0. The summed E-state index contributed by atoms with van der Waals surface area (Å²) in [5.74, 6) is -2.59. The smallest absolute Gasteiger partial charge is 0.449 e. The fraction of sp³-hybridized carbons (Fsp3) is 0.500. The van der Waals surface area contributed by atoms with E-state index < -0.39 is 29.4 Å². The second kappa shape index (κ2) is 4.06. The van der Waals surface area contributed by atoms with Gasteiger partial charge in [0.1, 0.15) is 11.8 Å². The molecular weight excluding hydrogens is 239 g/mol. The van der Waals surface area contributed by atoms with Gasteiger partial charge < -0.3 is 15.3 Å². The van der Waals surface area contributed by atoms with Crippen LogP contribution in [0.5, 0.6) is 0 Å². The van der Waals surface area contributed by atoms with E-state index in [4.69, 9.17) is 10.8 Å². The van der Waals surface area contributed by atoms with E-state index in [0.717, 1.165) is 12.1 Å². The molecule has 0 spiro atoms. The Hall–Kier alpha value is -1.50. The van der Waals surface area contributed by atoms with Crippen molar-refractivity contribution in [1.29, 1.82) is 0 Å². The minimum Gasteiger partial charge on any atom is -0.480 e. The van der Waals surface area contributed by atoms with Crippen molar-refractivity contribution >= 4 is 5.97 Å². The van der Waals surface area contributed by atoms with Gasteiger partial charge in [0.25, 0.3) is 0 Å². The Labute approximate surface area is 95.2 Å². The molecule has 4 nitrogen and oxygen atoms in total. The number of furan rings is 1. The normalized spacial score (nSPS) is 14.7. The van der Waals surface area contributed by atoms with Crippen LogP contribution < -0.4 is 5.73 Å². The number of carbonyl (C=O) groups is 1. The number of hydrogen-bond donors (Lipinski definition) is 2. The zero-order chi connectivity index (χ0) is 13.4. The highest BCUT2D eigenvalue weighted by Crippen LogP contribution is 2.35. The van der Waals surface area contributed by atoms with Crippen LogP contribution >= 0.6 is 0 Å². The minimum atomic E-state index is -4.60. The summed E-state index contributed by atoms with van der Waals surface area (Å²) in [5.41, 5.74) is 4.18. The summed E-state index contributed by atoms with van der Waals surface area (Å²) in [4.78, 5) is 10.7. The van der Waals surface area contributed by atoms with Gasteiger partial charge in [0.2, 0.25) is 5.76 Å². The van der Waals surface area contributed by atoms with Gasteiger partial charge in [-0.05, 0) is 12.1 Å². The van der Waals surface area contributed by atoms with Crippen LogP contribution in [-0.2, 0) is 16.4 Å². The number of halogens is 3. The molecule has 1 atom stereocenters. The summed E-state index contributed by atoms with van der Waals surface area (Å²) in [6, 6.07) is 0.492. The summed E-state index contributed by atoms with van der Waals surface area (Å²) in [7, 11) is 0. The van der Waals surface area contributed by atoms with Gasteiger partial charge in [0.05, 0.1) is 0 Å². The van der Waals surface area contributed by atoms with E-state index in [-0.39, 0.29) is 5.76 Å². The maximum atomic E-state index is 12.3. The van der Waals surface area contributed by atoms with Crippen molar-refractivity contribution in [3.8, 4) is 0 Å². The van der Waals surface area contributed by atoms with Crippen molar-refractivity contribution in [1.82, 2.24) is 0 Å². The first-order valence-electron chi connectivity index (χ1n) is 4.72. The third-order valence-electron chi connectivity index (χ3n) is 2.56. The number of rotatable bonds is 3. The fourth-order valence-electron chi connectivity index (χ4n) is 1.30. The average molecular weight is 251 g/mol. The highest BCUT2D eigenvalue weighted by Gasteiger charge is 2.40. The summed E-state index contributed by atoms with van der Waals surface area (Å²) in [6.45, 7) is 2.82. The van der Waals surface area contributed by atoms with Gasteiger partial charge in [-0.2, -0.15) is 13.2 Å². The van der Waals surface area contributed by atoms with Crippen molar-refractivity contribution in [2.24, 2.45) is 5.73 Å². The second-order valence-corrected chi connectivity index (χ2v) is 4.20. The van der Waals surface area contributed by atoms with E-state index in [2.05, 4.69) is 4.42 Å². The highest BCUT2D eigenvalue weighted by atomic mass is 19.4. The molecule has 17 heavy (non-hydrogen) atoms. The maximum Gasteiger partial charge on any atom is 0.449 e. The molecule has 96 valence electrons. The third kappa shape index (κ3) is 2.60. The molecule has 0 fully saturated rings. The fourth-order valence-corrected chi connectivity index (χ4v) is 1.30. The Morgan fingerprint density at radius 1 is 1.35 bits per heavy atom. The number of hydrogen-bond acceptors (Lipinski definition) is 3. The van der Waals surface area contributed by atoms with E-state index in [9.17, 15) is 18.0 Å². The van der Waals surface area contributed by atoms with Gasteiger partial charge in [0.15, 0.2) is 0 Å². The molecule has 0 bridgehead atoms. The topological polar surface area (TPSA) is 76.5 Å². The van der Waals surface area contributed by atoms with Gasteiger partial charge in [0, 0.05) is 5.41 Å². The molecule has 1 aromatic heterocycles. The van der Waals surface area contributed by atoms with Gasteiger partial charge in [-0.1, -0.05) is 13.8 Å².